The molecule has 0 bridgehead atoms. The molecule has 15 nitrogen and oxygen atoms in total. The van der Waals surface area contributed by atoms with Crippen molar-refractivity contribution < 1.29 is 24.2 Å². The van der Waals surface area contributed by atoms with E-state index in [0.717, 1.165) is 19.3 Å². The Morgan fingerprint density at radius 3 is 2.26 bits per heavy atom. The first-order chi connectivity index (χ1) is 20.4. The molecule has 0 saturated carbocycles. The third kappa shape index (κ3) is 10.9. The molecule has 5 unspecified atom stereocenters. The van der Waals surface area contributed by atoms with E-state index in [0.29, 0.717) is 64.6 Å². The van der Waals surface area contributed by atoms with E-state index in [4.69, 9.17) is 11.5 Å². The number of carbonyl (C=O) groups excluding carboxylic acids is 4. The molecule has 15 heteroatoms. The van der Waals surface area contributed by atoms with Gasteiger partial charge in [-0.3, -0.25) is 19.2 Å². The fourth-order valence-corrected chi connectivity index (χ4v) is 5.57. The minimum absolute atomic E-state index is 0.0841. The Bertz CT molecular complexity index is 1010. The number of hydrogen-bond acceptors (Lipinski definition) is 7. The zero-order valence-corrected chi connectivity index (χ0v) is 26.0. The van der Waals surface area contributed by atoms with Gasteiger partial charge >= 0.3 is 0 Å². The molecule has 0 aromatic heterocycles. The molecule has 2 heterocycles. The maximum Gasteiger partial charge on any atom is 0.266 e. The second kappa shape index (κ2) is 17.6. The summed E-state index contributed by atoms with van der Waals surface area (Å²) in [5.74, 6) is -1.50. The van der Waals surface area contributed by atoms with E-state index in [1.54, 1.807) is 9.80 Å². The number of nitrogens with two attached hydrogens (primary N) is 2. The molecule has 0 aliphatic carbocycles. The van der Waals surface area contributed by atoms with Crippen LogP contribution < -0.4 is 27.4 Å². The Kier molecular flexibility index (Phi) is 14.6. The Labute approximate surface area is 254 Å². The quantitative estimate of drug-likeness (QED) is 0.0537. The van der Waals surface area contributed by atoms with Gasteiger partial charge in [-0.15, -0.1) is 0 Å². The normalized spacial score (nSPS) is 20.9. The molecular weight excluding hydrogens is 558 g/mol. The number of unbranched alkanes of at least 4 members (excludes halogenated alkanes) is 2. The van der Waals surface area contributed by atoms with Gasteiger partial charge in [-0.2, -0.15) is 0 Å². The van der Waals surface area contributed by atoms with Crippen molar-refractivity contribution >= 4 is 29.6 Å². The van der Waals surface area contributed by atoms with E-state index in [-0.39, 0.29) is 41.5 Å². The Balaban J connectivity index is 2.01. The van der Waals surface area contributed by atoms with Gasteiger partial charge < -0.3 is 37.2 Å². The van der Waals surface area contributed by atoms with E-state index < -0.39 is 29.2 Å². The molecule has 0 spiro atoms. The highest BCUT2D eigenvalue weighted by molar-refractivity contribution is 5.95. The van der Waals surface area contributed by atoms with Crippen molar-refractivity contribution in [3.63, 3.8) is 0 Å². The second-order valence-electron chi connectivity index (χ2n) is 11.9. The first-order valence-corrected chi connectivity index (χ1v) is 15.6. The lowest BCUT2D eigenvalue weighted by Crippen LogP contribution is -2.58. The molecular formula is C28H51N9O6. The SMILES string of the molecule is CCCCCC(NC(=O)C(N)C(C)C)C(=O)N1CCCC1C(=O)N1CCCC1C(=O)NC(C)CCCN/C(N)=N/[N+](=O)[O-]. The van der Waals surface area contributed by atoms with Crippen LogP contribution in [0.1, 0.15) is 91.9 Å². The van der Waals surface area contributed by atoms with Gasteiger partial charge in [0.15, 0.2) is 5.03 Å². The van der Waals surface area contributed by atoms with Crippen LogP contribution >= 0.6 is 0 Å². The third-order valence-corrected chi connectivity index (χ3v) is 8.09. The zero-order chi connectivity index (χ0) is 32.1. The maximum atomic E-state index is 13.8. The molecule has 0 aromatic carbocycles. The topological polar surface area (TPSA) is 218 Å². The number of guanidine groups is 1. The summed E-state index contributed by atoms with van der Waals surface area (Å²) in [5, 5.41) is 20.9. The van der Waals surface area contributed by atoms with Gasteiger partial charge in [0.1, 0.15) is 23.2 Å². The Morgan fingerprint density at radius 1 is 0.977 bits per heavy atom. The van der Waals surface area contributed by atoms with Gasteiger partial charge in [0.05, 0.1) is 6.04 Å². The fourth-order valence-electron chi connectivity index (χ4n) is 5.57. The van der Waals surface area contributed by atoms with Gasteiger partial charge in [-0.05, 0) is 57.8 Å². The van der Waals surface area contributed by atoms with Gasteiger partial charge in [0, 0.05) is 25.7 Å². The molecule has 2 saturated heterocycles. The van der Waals surface area contributed by atoms with E-state index in [1.807, 2.05) is 20.8 Å². The monoisotopic (exact) mass is 609 g/mol. The molecule has 0 radical (unpaired) electrons. The minimum Gasteiger partial charge on any atom is -0.365 e. The number of rotatable bonds is 16. The van der Waals surface area contributed by atoms with Crippen molar-refractivity contribution in [1.82, 2.24) is 25.8 Å². The van der Waals surface area contributed by atoms with Gasteiger partial charge in [0.2, 0.25) is 23.6 Å². The van der Waals surface area contributed by atoms with E-state index in [9.17, 15) is 29.3 Å². The number of nitrogens with zero attached hydrogens (tertiary/aromatic N) is 4. The Morgan fingerprint density at radius 2 is 1.63 bits per heavy atom. The molecule has 2 rings (SSSR count). The van der Waals surface area contributed by atoms with Crippen LogP contribution in [0.15, 0.2) is 5.10 Å². The van der Waals surface area contributed by atoms with Gasteiger partial charge in [-0.1, -0.05) is 40.0 Å². The van der Waals surface area contributed by atoms with Crippen LogP contribution in [0.3, 0.4) is 0 Å². The average molecular weight is 610 g/mol. The molecule has 0 aromatic rings. The zero-order valence-electron chi connectivity index (χ0n) is 26.0. The standard InChI is InChI=1S/C28H51N9O6/c1-5-6-7-12-20(33-25(39)23(29)18(2)3)26(40)36-17-10-14-22(36)27(41)35-16-9-13-21(35)24(38)32-19(4)11-8-15-31-28(30)34-37(42)43/h18-23H,5-17,29H2,1-4H3,(H,32,38)(H,33,39)(H3,30,31,34). The van der Waals surface area contributed by atoms with Crippen LogP contribution in [0.25, 0.3) is 0 Å². The summed E-state index contributed by atoms with van der Waals surface area (Å²) >= 11 is 0. The summed E-state index contributed by atoms with van der Waals surface area (Å²) in [6.07, 6.45) is 6.66. The predicted octanol–water partition coefficient (Wildman–Crippen LogP) is 0.398. The van der Waals surface area contributed by atoms with E-state index in [2.05, 4.69) is 28.0 Å². The summed E-state index contributed by atoms with van der Waals surface area (Å²) in [4.78, 5) is 67.0. The smallest absolute Gasteiger partial charge is 0.266 e. The van der Waals surface area contributed by atoms with Crippen molar-refractivity contribution in [1.29, 1.82) is 0 Å². The number of carbonyl (C=O) groups is 4. The number of hydrogen-bond donors (Lipinski definition) is 5. The highest BCUT2D eigenvalue weighted by Gasteiger charge is 2.43. The summed E-state index contributed by atoms with van der Waals surface area (Å²) < 4.78 is 0. The van der Waals surface area contributed by atoms with E-state index >= 15 is 0 Å². The third-order valence-electron chi connectivity index (χ3n) is 8.09. The molecule has 43 heavy (non-hydrogen) atoms. The molecule has 5 atom stereocenters. The summed E-state index contributed by atoms with van der Waals surface area (Å²) in [6, 6.07) is -3.00. The highest BCUT2D eigenvalue weighted by atomic mass is 16.7. The fraction of sp³-hybridized carbons (Fsp3) is 0.821. The van der Waals surface area contributed by atoms with Crippen LogP contribution in [0.2, 0.25) is 0 Å². The number of hydrazone groups is 1. The van der Waals surface area contributed by atoms with Gasteiger partial charge in [-0.25, -0.2) is 10.1 Å². The summed E-state index contributed by atoms with van der Waals surface area (Å²) in [6.45, 7) is 8.81. The lowest BCUT2D eigenvalue weighted by atomic mass is 10.0. The first kappa shape index (κ1) is 35.7. The van der Waals surface area contributed by atoms with Gasteiger partial charge in [0.25, 0.3) is 5.96 Å². The summed E-state index contributed by atoms with van der Waals surface area (Å²) in [7, 11) is 0. The number of nitrogens with one attached hydrogen (secondary N) is 3. The van der Waals surface area contributed by atoms with Crippen molar-refractivity contribution in [2.75, 3.05) is 19.6 Å². The van der Waals surface area contributed by atoms with Crippen LogP contribution in [0.5, 0.6) is 0 Å². The molecule has 2 aliphatic rings. The van der Waals surface area contributed by atoms with Crippen LogP contribution in [-0.2, 0) is 19.2 Å². The molecule has 2 fully saturated rings. The molecule has 7 N–H and O–H groups in total. The number of nitro groups is 1. The van der Waals surface area contributed by atoms with Crippen molar-refractivity contribution in [3.8, 4) is 0 Å². The van der Waals surface area contributed by atoms with Crippen LogP contribution in [0.4, 0.5) is 0 Å². The lowest BCUT2D eigenvalue weighted by molar-refractivity contribution is -0.485. The maximum absolute atomic E-state index is 13.8. The summed E-state index contributed by atoms with van der Waals surface area (Å²) in [5.41, 5.74) is 11.5. The largest absolute Gasteiger partial charge is 0.365 e. The first-order valence-electron chi connectivity index (χ1n) is 15.6. The van der Waals surface area contributed by atoms with Crippen LogP contribution in [0, 0.1) is 16.0 Å². The minimum atomic E-state index is -0.881. The number of likely N-dealkylation sites (tertiary alicyclic amines) is 2. The molecule has 244 valence electrons. The van der Waals surface area contributed by atoms with Crippen molar-refractivity contribution in [2.24, 2.45) is 22.5 Å². The lowest BCUT2D eigenvalue weighted by Gasteiger charge is -2.33. The van der Waals surface area contributed by atoms with Crippen molar-refractivity contribution in [3.05, 3.63) is 10.1 Å². The number of amides is 4. The highest BCUT2D eigenvalue weighted by Crippen LogP contribution is 2.26. The predicted molar refractivity (Wildman–Crippen MR) is 162 cm³/mol. The molecule has 4 amide bonds. The average Bonchev–Trinajstić information content (AvgIpc) is 3.64. The van der Waals surface area contributed by atoms with E-state index in [1.165, 1.54) is 0 Å². The molecule has 2 aliphatic heterocycles. The van der Waals surface area contributed by atoms with Crippen molar-refractivity contribution in [2.45, 2.75) is 122 Å². The van der Waals surface area contributed by atoms with Crippen LogP contribution in [-0.4, -0.2) is 94.3 Å². The second-order valence-corrected chi connectivity index (χ2v) is 11.9. The Hall–Kier alpha value is -3.49.